The molecule has 108 valence electrons. The molecule has 0 unspecified atom stereocenters. The molecule has 21 heavy (non-hydrogen) atoms. The van der Waals surface area contributed by atoms with Crippen LogP contribution in [-0.4, -0.2) is 25.7 Å². The van der Waals surface area contributed by atoms with E-state index in [9.17, 15) is 0 Å². The lowest BCUT2D eigenvalue weighted by Gasteiger charge is -2.12. The Kier molecular flexibility index (Phi) is 4.99. The van der Waals surface area contributed by atoms with Crippen molar-refractivity contribution in [3.8, 4) is 11.8 Å². The summed E-state index contributed by atoms with van der Waals surface area (Å²) in [5.41, 5.74) is 2.11. The van der Waals surface area contributed by atoms with Crippen LogP contribution in [0, 0.1) is 11.3 Å². The van der Waals surface area contributed by atoms with Crippen LogP contribution in [0.1, 0.15) is 5.56 Å². The summed E-state index contributed by atoms with van der Waals surface area (Å²) in [6, 6.07) is 13.6. The van der Waals surface area contributed by atoms with Crippen molar-refractivity contribution in [3.63, 3.8) is 0 Å². The quantitative estimate of drug-likeness (QED) is 0.882. The molecule has 5 nitrogen and oxygen atoms in total. The van der Waals surface area contributed by atoms with Gasteiger partial charge in [0.05, 0.1) is 11.9 Å². The lowest BCUT2D eigenvalue weighted by molar-refractivity contribution is 0.368. The molecule has 1 N–H and O–H groups in total. The van der Waals surface area contributed by atoms with Crippen molar-refractivity contribution in [1.82, 2.24) is 4.98 Å². The number of nitriles is 1. The van der Waals surface area contributed by atoms with Crippen molar-refractivity contribution in [2.45, 2.75) is 6.54 Å². The number of anilines is 2. The van der Waals surface area contributed by atoms with Crippen LogP contribution in [0.5, 0.6) is 5.75 Å². The molecule has 0 saturated carbocycles. The summed E-state index contributed by atoms with van der Waals surface area (Å²) in [6.45, 7) is 0.781. The van der Waals surface area contributed by atoms with Crippen LogP contribution in [0.15, 0.2) is 42.6 Å². The molecular formula is C16H18N4O. The van der Waals surface area contributed by atoms with E-state index in [1.54, 1.807) is 0 Å². The number of hydrogen-bond acceptors (Lipinski definition) is 5. The van der Waals surface area contributed by atoms with Crippen LogP contribution in [0.2, 0.25) is 0 Å². The third-order valence-corrected chi connectivity index (χ3v) is 2.93. The minimum absolute atomic E-state index is 0.0709. The van der Waals surface area contributed by atoms with Crippen molar-refractivity contribution in [1.29, 1.82) is 5.26 Å². The molecule has 0 atom stereocenters. The molecule has 2 aromatic rings. The Morgan fingerprint density at radius 2 is 1.95 bits per heavy atom. The fraction of sp³-hybridized carbons (Fsp3) is 0.250. The molecular weight excluding hydrogens is 264 g/mol. The summed E-state index contributed by atoms with van der Waals surface area (Å²) >= 11 is 0. The number of benzene rings is 1. The molecule has 5 heteroatoms. The fourth-order valence-electron chi connectivity index (χ4n) is 1.78. The molecule has 1 aromatic heterocycles. The molecule has 0 fully saturated rings. The van der Waals surface area contributed by atoms with Gasteiger partial charge >= 0.3 is 0 Å². The third-order valence-electron chi connectivity index (χ3n) is 2.93. The van der Waals surface area contributed by atoms with Crippen molar-refractivity contribution < 1.29 is 4.74 Å². The SMILES string of the molecule is CN(C)c1ccc(NCc2ccc(OCC#N)cc2)cn1. The number of hydrogen-bond donors (Lipinski definition) is 1. The highest BCUT2D eigenvalue weighted by Crippen LogP contribution is 2.15. The van der Waals surface area contributed by atoms with Gasteiger partial charge in [-0.05, 0) is 29.8 Å². The summed E-state index contributed by atoms with van der Waals surface area (Å²) in [6.07, 6.45) is 1.82. The predicted octanol–water partition coefficient (Wildman–Crippen LogP) is 2.66. The molecule has 0 bridgehead atoms. The molecule has 0 aliphatic rings. The number of nitrogens with zero attached hydrogens (tertiary/aromatic N) is 3. The van der Waals surface area contributed by atoms with E-state index in [-0.39, 0.29) is 6.61 Å². The first-order valence-corrected chi connectivity index (χ1v) is 6.65. The van der Waals surface area contributed by atoms with E-state index in [1.807, 2.05) is 67.7 Å². The number of rotatable bonds is 6. The van der Waals surface area contributed by atoms with Crippen LogP contribution < -0.4 is 15.0 Å². The van der Waals surface area contributed by atoms with Crippen LogP contribution in [0.4, 0.5) is 11.5 Å². The molecule has 0 aliphatic heterocycles. The Balaban J connectivity index is 1.89. The van der Waals surface area contributed by atoms with Crippen molar-refractivity contribution >= 4 is 11.5 Å². The Hall–Kier alpha value is -2.74. The summed E-state index contributed by atoms with van der Waals surface area (Å²) in [7, 11) is 3.93. The lowest BCUT2D eigenvalue weighted by Crippen LogP contribution is -2.10. The van der Waals surface area contributed by atoms with E-state index >= 15 is 0 Å². The number of nitrogens with one attached hydrogen (secondary N) is 1. The smallest absolute Gasteiger partial charge is 0.174 e. The van der Waals surface area contributed by atoms with Crippen LogP contribution in [0.25, 0.3) is 0 Å². The van der Waals surface area contributed by atoms with Gasteiger partial charge < -0.3 is 15.0 Å². The zero-order chi connectivity index (χ0) is 15.1. The summed E-state index contributed by atoms with van der Waals surface area (Å²) in [5, 5.41) is 11.8. The van der Waals surface area contributed by atoms with Gasteiger partial charge in [-0.2, -0.15) is 5.26 Å². The maximum absolute atomic E-state index is 8.45. The summed E-state index contributed by atoms with van der Waals surface area (Å²) < 4.78 is 5.21. The average Bonchev–Trinajstić information content (AvgIpc) is 2.52. The Bertz CT molecular complexity index is 600. The monoisotopic (exact) mass is 282 g/mol. The molecule has 0 radical (unpaired) electrons. The highest BCUT2D eigenvalue weighted by Gasteiger charge is 1.99. The van der Waals surface area contributed by atoms with Gasteiger partial charge in [0.25, 0.3) is 0 Å². The molecule has 2 rings (SSSR count). The van der Waals surface area contributed by atoms with E-state index in [0.29, 0.717) is 12.3 Å². The fourth-order valence-corrected chi connectivity index (χ4v) is 1.78. The van der Waals surface area contributed by atoms with Gasteiger partial charge in [0.15, 0.2) is 6.61 Å². The van der Waals surface area contributed by atoms with Crippen molar-refractivity contribution in [2.75, 3.05) is 30.9 Å². The number of pyridine rings is 1. The first-order chi connectivity index (χ1) is 10.2. The van der Waals surface area contributed by atoms with Crippen molar-refractivity contribution in [2.24, 2.45) is 0 Å². The van der Waals surface area contributed by atoms with Gasteiger partial charge in [0, 0.05) is 20.6 Å². The summed E-state index contributed by atoms with van der Waals surface area (Å²) in [4.78, 5) is 6.31. The van der Waals surface area contributed by atoms with Crippen LogP contribution in [-0.2, 0) is 6.54 Å². The maximum atomic E-state index is 8.45. The highest BCUT2D eigenvalue weighted by molar-refractivity contribution is 5.48. The van der Waals surface area contributed by atoms with E-state index in [4.69, 9.17) is 10.00 Å². The minimum atomic E-state index is 0.0709. The van der Waals surface area contributed by atoms with Crippen molar-refractivity contribution in [3.05, 3.63) is 48.2 Å². The predicted molar refractivity (Wildman–Crippen MR) is 83.4 cm³/mol. The number of ether oxygens (including phenoxy) is 1. The van der Waals surface area contributed by atoms with Gasteiger partial charge in [0.2, 0.25) is 0 Å². The summed E-state index contributed by atoms with van der Waals surface area (Å²) in [5.74, 6) is 1.64. The number of aromatic nitrogens is 1. The topological polar surface area (TPSA) is 61.2 Å². The standard InChI is InChI=1S/C16H18N4O/c1-20(2)16-8-5-14(12-19-16)18-11-13-3-6-15(7-4-13)21-10-9-17/h3-8,12,18H,10-11H2,1-2H3. The van der Waals surface area contributed by atoms with E-state index in [0.717, 1.165) is 17.1 Å². The highest BCUT2D eigenvalue weighted by atomic mass is 16.5. The average molecular weight is 282 g/mol. The minimum Gasteiger partial charge on any atom is -0.479 e. The molecule has 0 amide bonds. The first-order valence-electron chi connectivity index (χ1n) is 6.65. The van der Waals surface area contributed by atoms with E-state index in [2.05, 4.69) is 10.3 Å². The Morgan fingerprint density at radius 3 is 2.52 bits per heavy atom. The largest absolute Gasteiger partial charge is 0.479 e. The second-order valence-corrected chi connectivity index (χ2v) is 4.74. The van der Waals surface area contributed by atoms with Crippen LogP contribution in [0.3, 0.4) is 0 Å². The Labute approximate surface area is 124 Å². The second kappa shape index (κ2) is 7.15. The van der Waals surface area contributed by atoms with Gasteiger partial charge in [-0.1, -0.05) is 12.1 Å². The molecule has 0 aliphatic carbocycles. The zero-order valence-corrected chi connectivity index (χ0v) is 12.2. The Morgan fingerprint density at radius 1 is 1.19 bits per heavy atom. The maximum Gasteiger partial charge on any atom is 0.174 e. The zero-order valence-electron chi connectivity index (χ0n) is 12.2. The van der Waals surface area contributed by atoms with Gasteiger partial charge in [-0.25, -0.2) is 4.98 Å². The van der Waals surface area contributed by atoms with Gasteiger partial charge in [-0.15, -0.1) is 0 Å². The molecule has 0 spiro atoms. The first kappa shape index (κ1) is 14.7. The lowest BCUT2D eigenvalue weighted by atomic mass is 10.2. The second-order valence-electron chi connectivity index (χ2n) is 4.74. The molecule has 0 saturated heterocycles. The molecule has 1 aromatic carbocycles. The van der Waals surface area contributed by atoms with E-state index < -0.39 is 0 Å². The van der Waals surface area contributed by atoms with Gasteiger partial charge in [-0.3, -0.25) is 0 Å². The normalized spacial score (nSPS) is 9.76. The van der Waals surface area contributed by atoms with Crippen LogP contribution >= 0.6 is 0 Å². The van der Waals surface area contributed by atoms with Gasteiger partial charge in [0.1, 0.15) is 17.6 Å². The third kappa shape index (κ3) is 4.39. The molecule has 1 heterocycles. The van der Waals surface area contributed by atoms with E-state index in [1.165, 1.54) is 0 Å².